The van der Waals surface area contributed by atoms with Crippen LogP contribution in [0.1, 0.15) is 16.7 Å². The lowest BCUT2D eigenvalue weighted by Gasteiger charge is -2.16. The minimum atomic E-state index is 0.0383. The maximum absolute atomic E-state index is 9.60. The number of nitrogens with one attached hydrogen (secondary N) is 1. The molecule has 1 unspecified atom stereocenters. The summed E-state index contributed by atoms with van der Waals surface area (Å²) in [4.78, 5) is 0. The first-order chi connectivity index (χ1) is 10.8. The van der Waals surface area contributed by atoms with Crippen molar-refractivity contribution in [1.29, 1.82) is 0 Å². The number of aryl methyl sites for hydroxylation is 1. The Balaban J connectivity index is 1.64. The lowest BCUT2D eigenvalue weighted by molar-refractivity contribution is 0.241. The predicted octanol–water partition coefficient (Wildman–Crippen LogP) is 3.43. The predicted molar refractivity (Wildman–Crippen MR) is 88.8 cm³/mol. The number of hydrogen-bond acceptors (Lipinski definition) is 3. The molecule has 114 valence electrons. The Morgan fingerprint density at radius 3 is 2.64 bits per heavy atom. The highest BCUT2D eigenvalue weighted by atomic mass is 16.3. The molecule has 0 spiro atoms. The molecular weight excluding hydrogens is 274 g/mol. The molecule has 3 aromatic rings. The fourth-order valence-electron chi connectivity index (χ4n) is 2.63. The first-order valence-electron chi connectivity index (χ1n) is 7.61. The third kappa shape index (κ3) is 3.38. The van der Waals surface area contributed by atoms with Gasteiger partial charge in [0.2, 0.25) is 0 Å². The van der Waals surface area contributed by atoms with Crippen molar-refractivity contribution < 1.29 is 9.52 Å². The lowest BCUT2D eigenvalue weighted by atomic mass is 10.0. The van der Waals surface area contributed by atoms with Gasteiger partial charge in [0.05, 0.1) is 12.9 Å². The van der Waals surface area contributed by atoms with E-state index in [1.54, 1.807) is 6.26 Å². The highest BCUT2D eigenvalue weighted by Gasteiger charge is 2.10. The van der Waals surface area contributed by atoms with Gasteiger partial charge >= 0.3 is 0 Å². The van der Waals surface area contributed by atoms with Gasteiger partial charge in [-0.05, 0) is 25.0 Å². The molecule has 2 N–H and O–H groups in total. The van der Waals surface area contributed by atoms with Crippen LogP contribution in [0.25, 0.3) is 11.0 Å². The van der Waals surface area contributed by atoms with Crippen LogP contribution >= 0.6 is 0 Å². The molecule has 3 rings (SSSR count). The quantitative estimate of drug-likeness (QED) is 0.732. The SMILES string of the molecule is Cc1ccc(CC(CO)NCc2coc3ccccc23)cc1. The van der Waals surface area contributed by atoms with E-state index < -0.39 is 0 Å². The van der Waals surface area contributed by atoms with E-state index in [1.165, 1.54) is 11.1 Å². The first-order valence-corrected chi connectivity index (χ1v) is 7.61. The number of para-hydroxylation sites is 1. The molecule has 0 bridgehead atoms. The maximum atomic E-state index is 9.60. The van der Waals surface area contributed by atoms with Gasteiger partial charge in [0.15, 0.2) is 0 Å². The van der Waals surface area contributed by atoms with Gasteiger partial charge in [0.25, 0.3) is 0 Å². The maximum Gasteiger partial charge on any atom is 0.134 e. The molecule has 0 saturated carbocycles. The third-order valence-electron chi connectivity index (χ3n) is 3.97. The number of hydrogen-bond donors (Lipinski definition) is 2. The van der Waals surface area contributed by atoms with Crippen LogP contribution in [0.2, 0.25) is 0 Å². The zero-order valence-corrected chi connectivity index (χ0v) is 12.8. The molecule has 2 aromatic carbocycles. The van der Waals surface area contributed by atoms with Crippen molar-refractivity contribution in [3.63, 3.8) is 0 Å². The van der Waals surface area contributed by atoms with E-state index in [2.05, 4.69) is 42.6 Å². The number of furan rings is 1. The first kappa shape index (κ1) is 14.8. The van der Waals surface area contributed by atoms with Gasteiger partial charge in [0, 0.05) is 23.5 Å². The molecule has 0 saturated heterocycles. The largest absolute Gasteiger partial charge is 0.464 e. The van der Waals surface area contributed by atoms with Crippen LogP contribution in [0.4, 0.5) is 0 Å². The third-order valence-corrected chi connectivity index (χ3v) is 3.97. The molecule has 3 nitrogen and oxygen atoms in total. The van der Waals surface area contributed by atoms with Gasteiger partial charge in [-0.25, -0.2) is 0 Å². The Bertz CT molecular complexity index is 731. The van der Waals surface area contributed by atoms with Crippen LogP contribution in [-0.2, 0) is 13.0 Å². The average molecular weight is 295 g/mol. The summed E-state index contributed by atoms with van der Waals surface area (Å²) in [5.41, 5.74) is 4.51. The Labute approximate surface area is 130 Å². The van der Waals surface area contributed by atoms with E-state index in [0.29, 0.717) is 6.54 Å². The minimum Gasteiger partial charge on any atom is -0.464 e. The van der Waals surface area contributed by atoms with Crippen molar-refractivity contribution >= 4 is 11.0 Å². The van der Waals surface area contributed by atoms with Crippen LogP contribution in [0.15, 0.2) is 59.2 Å². The van der Waals surface area contributed by atoms with Crippen molar-refractivity contribution in [2.45, 2.75) is 25.9 Å². The zero-order chi connectivity index (χ0) is 15.4. The van der Waals surface area contributed by atoms with Crippen molar-refractivity contribution in [2.24, 2.45) is 0 Å². The second kappa shape index (κ2) is 6.77. The molecule has 0 radical (unpaired) electrons. The van der Waals surface area contributed by atoms with Gasteiger partial charge in [-0.15, -0.1) is 0 Å². The Morgan fingerprint density at radius 1 is 1.09 bits per heavy atom. The van der Waals surface area contributed by atoms with Gasteiger partial charge in [-0.3, -0.25) is 0 Å². The second-order valence-corrected chi connectivity index (χ2v) is 5.71. The molecule has 0 amide bonds. The van der Waals surface area contributed by atoms with Crippen LogP contribution in [-0.4, -0.2) is 17.8 Å². The zero-order valence-electron chi connectivity index (χ0n) is 12.8. The van der Waals surface area contributed by atoms with E-state index in [9.17, 15) is 5.11 Å². The van der Waals surface area contributed by atoms with E-state index in [1.807, 2.05) is 18.2 Å². The number of rotatable bonds is 6. The lowest BCUT2D eigenvalue weighted by Crippen LogP contribution is -2.33. The fourth-order valence-corrected chi connectivity index (χ4v) is 2.63. The molecule has 1 heterocycles. The number of aliphatic hydroxyl groups excluding tert-OH is 1. The summed E-state index contributed by atoms with van der Waals surface area (Å²) in [5, 5.41) is 14.1. The summed E-state index contributed by atoms with van der Waals surface area (Å²) in [6.07, 6.45) is 2.60. The topological polar surface area (TPSA) is 45.4 Å². The molecule has 1 aromatic heterocycles. The minimum absolute atomic E-state index is 0.0383. The van der Waals surface area contributed by atoms with Crippen molar-refractivity contribution in [3.8, 4) is 0 Å². The monoisotopic (exact) mass is 295 g/mol. The van der Waals surface area contributed by atoms with Gasteiger partial charge in [0.1, 0.15) is 5.58 Å². The summed E-state index contributed by atoms with van der Waals surface area (Å²) < 4.78 is 5.54. The summed E-state index contributed by atoms with van der Waals surface area (Å²) in [6, 6.07) is 16.5. The van der Waals surface area contributed by atoms with Crippen LogP contribution in [0, 0.1) is 6.92 Å². The highest BCUT2D eigenvalue weighted by molar-refractivity contribution is 5.80. The Morgan fingerprint density at radius 2 is 1.86 bits per heavy atom. The number of aliphatic hydroxyl groups is 1. The smallest absolute Gasteiger partial charge is 0.134 e. The molecule has 0 aliphatic carbocycles. The van der Waals surface area contributed by atoms with E-state index in [4.69, 9.17) is 4.42 Å². The number of fused-ring (bicyclic) bond motifs is 1. The van der Waals surface area contributed by atoms with E-state index in [0.717, 1.165) is 23.0 Å². The Hall–Kier alpha value is -2.10. The van der Waals surface area contributed by atoms with Crippen LogP contribution in [0.5, 0.6) is 0 Å². The molecule has 0 fully saturated rings. The average Bonchev–Trinajstić information content (AvgIpc) is 2.96. The molecule has 22 heavy (non-hydrogen) atoms. The fraction of sp³-hybridized carbons (Fsp3) is 0.263. The summed E-state index contributed by atoms with van der Waals surface area (Å²) >= 11 is 0. The van der Waals surface area contributed by atoms with E-state index in [-0.39, 0.29) is 12.6 Å². The van der Waals surface area contributed by atoms with Crippen LogP contribution in [0.3, 0.4) is 0 Å². The van der Waals surface area contributed by atoms with Gasteiger partial charge in [-0.1, -0.05) is 48.0 Å². The van der Waals surface area contributed by atoms with Crippen molar-refractivity contribution in [3.05, 3.63) is 71.5 Å². The Kier molecular flexibility index (Phi) is 4.56. The summed E-state index contributed by atoms with van der Waals surface area (Å²) in [7, 11) is 0. The molecular formula is C19H21NO2. The van der Waals surface area contributed by atoms with Crippen molar-refractivity contribution in [1.82, 2.24) is 5.32 Å². The van der Waals surface area contributed by atoms with Crippen LogP contribution < -0.4 is 5.32 Å². The van der Waals surface area contributed by atoms with Gasteiger partial charge in [-0.2, -0.15) is 0 Å². The normalized spacial score (nSPS) is 12.6. The highest BCUT2D eigenvalue weighted by Crippen LogP contribution is 2.20. The summed E-state index contributed by atoms with van der Waals surface area (Å²) in [6.45, 7) is 2.88. The number of benzene rings is 2. The van der Waals surface area contributed by atoms with Gasteiger partial charge < -0.3 is 14.8 Å². The standard InChI is InChI=1S/C19H21NO2/c1-14-6-8-15(9-7-14)10-17(12-21)20-11-16-13-22-19-5-3-2-4-18(16)19/h2-9,13,17,20-21H,10-12H2,1H3. The molecule has 0 aliphatic heterocycles. The molecule has 1 atom stereocenters. The van der Waals surface area contributed by atoms with Crippen molar-refractivity contribution in [2.75, 3.05) is 6.61 Å². The molecule has 0 aliphatic rings. The van der Waals surface area contributed by atoms with E-state index >= 15 is 0 Å². The molecule has 3 heteroatoms. The second-order valence-electron chi connectivity index (χ2n) is 5.71. The summed E-state index contributed by atoms with van der Waals surface area (Å²) in [5.74, 6) is 0.